The van der Waals surface area contributed by atoms with Gasteiger partial charge in [0.2, 0.25) is 5.91 Å². The number of carbonyl (C=O) groups excluding carboxylic acids is 1. The molecule has 1 atom stereocenters. The summed E-state index contributed by atoms with van der Waals surface area (Å²) >= 11 is 1.52. The maximum atomic E-state index is 13.7. The molecule has 2 heterocycles. The molecule has 0 radical (unpaired) electrons. The number of benzene rings is 2. The second kappa shape index (κ2) is 8.47. The second-order valence-electron chi connectivity index (χ2n) is 7.72. The van der Waals surface area contributed by atoms with Gasteiger partial charge < -0.3 is 4.90 Å². The zero-order chi connectivity index (χ0) is 22.1. The summed E-state index contributed by atoms with van der Waals surface area (Å²) in [6.45, 7) is 7.92. The minimum Gasteiger partial charge on any atom is -0.306 e. The fraction of sp³-hybridized carbons (Fsp3) is 0.240. The Balaban J connectivity index is 1.79. The van der Waals surface area contributed by atoms with Crippen LogP contribution in [0.25, 0.3) is 10.2 Å². The fourth-order valence-corrected chi connectivity index (χ4v) is 4.94. The number of hydrogen-bond acceptors (Lipinski definition) is 4. The summed E-state index contributed by atoms with van der Waals surface area (Å²) < 4.78 is 1.53. The summed E-state index contributed by atoms with van der Waals surface area (Å²) in [5, 5.41) is 0.613. The van der Waals surface area contributed by atoms with Gasteiger partial charge in [0.05, 0.1) is 11.9 Å². The topological polar surface area (TPSA) is 55.2 Å². The molecule has 0 aliphatic heterocycles. The third-order valence-electron chi connectivity index (χ3n) is 5.67. The van der Waals surface area contributed by atoms with Gasteiger partial charge in [-0.1, -0.05) is 48.5 Å². The molecular weight excluding hydrogens is 406 g/mol. The van der Waals surface area contributed by atoms with Gasteiger partial charge in [0.25, 0.3) is 5.56 Å². The van der Waals surface area contributed by atoms with E-state index < -0.39 is 6.04 Å². The maximum Gasteiger partial charge on any atom is 0.263 e. The third kappa shape index (κ3) is 3.91. The summed E-state index contributed by atoms with van der Waals surface area (Å²) in [6.07, 6.45) is 0. The molecule has 0 aliphatic rings. The van der Waals surface area contributed by atoms with Crippen molar-refractivity contribution < 1.29 is 4.79 Å². The molecule has 2 aromatic heterocycles. The number of nitrogens with zero attached hydrogens (tertiary/aromatic N) is 3. The van der Waals surface area contributed by atoms with E-state index in [1.54, 1.807) is 18.7 Å². The smallest absolute Gasteiger partial charge is 0.263 e. The van der Waals surface area contributed by atoms with E-state index >= 15 is 0 Å². The Morgan fingerprint density at radius 1 is 1.03 bits per heavy atom. The van der Waals surface area contributed by atoms with Crippen LogP contribution in [0.5, 0.6) is 0 Å². The van der Waals surface area contributed by atoms with Crippen LogP contribution in [-0.2, 0) is 11.3 Å². The van der Waals surface area contributed by atoms with E-state index in [0.29, 0.717) is 17.8 Å². The van der Waals surface area contributed by atoms with E-state index in [1.807, 2.05) is 74.5 Å². The van der Waals surface area contributed by atoms with Gasteiger partial charge >= 0.3 is 0 Å². The lowest BCUT2D eigenvalue weighted by atomic mass is 10.1. The molecule has 4 aromatic rings. The highest BCUT2D eigenvalue weighted by Gasteiger charge is 2.27. The molecule has 2 aromatic carbocycles. The number of anilines is 1. The van der Waals surface area contributed by atoms with Crippen LogP contribution in [0.4, 0.5) is 5.69 Å². The standard InChI is InChI=1S/C25H25N3O2S/c1-16-18(3)31-23-22(16)25(30)28(19(4)26-23)17(2)24(29)27(21-13-9-6-10-14-21)15-20-11-7-5-8-12-20/h5-14,17H,15H2,1-4H3. The first-order valence-electron chi connectivity index (χ1n) is 10.3. The van der Waals surface area contributed by atoms with Crippen LogP contribution in [0, 0.1) is 20.8 Å². The van der Waals surface area contributed by atoms with Crippen molar-refractivity contribution in [2.45, 2.75) is 40.3 Å². The molecule has 1 amide bonds. The van der Waals surface area contributed by atoms with Crippen LogP contribution in [0.1, 0.15) is 34.8 Å². The van der Waals surface area contributed by atoms with Crippen LogP contribution in [-0.4, -0.2) is 15.5 Å². The molecular formula is C25H25N3O2S. The van der Waals surface area contributed by atoms with E-state index in [2.05, 4.69) is 4.98 Å². The van der Waals surface area contributed by atoms with E-state index in [0.717, 1.165) is 26.5 Å². The Hall–Kier alpha value is -3.25. The van der Waals surface area contributed by atoms with Gasteiger partial charge in [-0.3, -0.25) is 14.2 Å². The molecule has 6 heteroatoms. The van der Waals surface area contributed by atoms with Crippen LogP contribution in [0.15, 0.2) is 65.5 Å². The average Bonchev–Trinajstić information content (AvgIpc) is 3.06. The SMILES string of the molecule is Cc1sc2nc(C)n(C(C)C(=O)N(Cc3ccccc3)c3ccccc3)c(=O)c2c1C. The number of aryl methyl sites for hydroxylation is 3. The zero-order valence-electron chi connectivity index (χ0n) is 18.1. The minimum absolute atomic E-state index is 0.147. The number of carbonyl (C=O) groups is 1. The number of thiophene rings is 1. The van der Waals surface area contributed by atoms with Gasteiger partial charge in [0, 0.05) is 10.6 Å². The lowest BCUT2D eigenvalue weighted by Crippen LogP contribution is -2.40. The van der Waals surface area contributed by atoms with Crippen molar-refractivity contribution in [2.24, 2.45) is 0 Å². The van der Waals surface area contributed by atoms with E-state index in [1.165, 1.54) is 15.9 Å². The summed E-state index contributed by atoms with van der Waals surface area (Å²) in [5.74, 6) is 0.401. The monoisotopic (exact) mass is 431 g/mol. The molecule has 5 nitrogen and oxygen atoms in total. The Morgan fingerprint density at radius 3 is 2.29 bits per heavy atom. The molecule has 1 unspecified atom stereocenters. The first kappa shape index (κ1) is 21.0. The number of rotatable bonds is 5. The van der Waals surface area contributed by atoms with Crippen LogP contribution in [0.3, 0.4) is 0 Å². The highest BCUT2D eigenvalue weighted by Crippen LogP contribution is 2.28. The van der Waals surface area contributed by atoms with Gasteiger partial charge in [0.15, 0.2) is 0 Å². The Bertz CT molecular complexity index is 1290. The van der Waals surface area contributed by atoms with Crippen LogP contribution in [0.2, 0.25) is 0 Å². The van der Waals surface area contributed by atoms with E-state index in [-0.39, 0.29) is 11.5 Å². The molecule has 31 heavy (non-hydrogen) atoms. The zero-order valence-corrected chi connectivity index (χ0v) is 18.9. The van der Waals surface area contributed by atoms with Gasteiger partial charge in [-0.2, -0.15) is 0 Å². The van der Waals surface area contributed by atoms with Crippen LogP contribution >= 0.6 is 11.3 Å². The summed E-state index contributed by atoms with van der Waals surface area (Å²) in [7, 11) is 0. The Morgan fingerprint density at radius 2 is 1.65 bits per heavy atom. The predicted molar refractivity (Wildman–Crippen MR) is 127 cm³/mol. The Labute approximate surface area is 185 Å². The quantitative estimate of drug-likeness (QED) is 0.438. The molecule has 0 aliphatic carbocycles. The summed E-state index contributed by atoms with van der Waals surface area (Å²) in [6, 6.07) is 18.7. The molecule has 0 saturated heterocycles. The molecule has 0 N–H and O–H groups in total. The van der Waals surface area contributed by atoms with Crippen molar-refractivity contribution in [1.29, 1.82) is 0 Å². The Kier molecular flexibility index (Phi) is 5.74. The maximum absolute atomic E-state index is 13.7. The lowest BCUT2D eigenvalue weighted by Gasteiger charge is -2.27. The average molecular weight is 432 g/mol. The van der Waals surface area contributed by atoms with Gasteiger partial charge in [-0.25, -0.2) is 4.98 Å². The second-order valence-corrected chi connectivity index (χ2v) is 8.92. The minimum atomic E-state index is -0.687. The molecule has 0 saturated carbocycles. The molecule has 4 rings (SSSR count). The first-order chi connectivity index (χ1) is 14.9. The predicted octanol–water partition coefficient (Wildman–Crippen LogP) is 5.18. The number of amides is 1. The molecule has 158 valence electrons. The number of fused-ring (bicyclic) bond motifs is 1. The van der Waals surface area contributed by atoms with Crippen molar-refractivity contribution in [1.82, 2.24) is 9.55 Å². The number of para-hydroxylation sites is 1. The van der Waals surface area contributed by atoms with Crippen molar-refractivity contribution in [3.05, 3.63) is 92.8 Å². The third-order valence-corrected chi connectivity index (χ3v) is 6.77. The van der Waals surface area contributed by atoms with Crippen molar-refractivity contribution in [2.75, 3.05) is 4.90 Å². The van der Waals surface area contributed by atoms with E-state index in [4.69, 9.17) is 0 Å². The largest absolute Gasteiger partial charge is 0.306 e. The summed E-state index contributed by atoms with van der Waals surface area (Å²) in [4.78, 5) is 35.3. The van der Waals surface area contributed by atoms with Gasteiger partial charge in [-0.15, -0.1) is 11.3 Å². The van der Waals surface area contributed by atoms with Crippen molar-refractivity contribution in [3.8, 4) is 0 Å². The van der Waals surface area contributed by atoms with Crippen molar-refractivity contribution >= 4 is 33.1 Å². The molecule has 0 fully saturated rings. The fourth-order valence-electron chi connectivity index (χ4n) is 3.87. The van der Waals surface area contributed by atoms with Crippen LogP contribution < -0.4 is 10.5 Å². The number of hydrogen-bond donors (Lipinski definition) is 0. The van der Waals surface area contributed by atoms with E-state index in [9.17, 15) is 9.59 Å². The summed E-state index contributed by atoms with van der Waals surface area (Å²) in [5.41, 5.74) is 2.60. The van der Waals surface area contributed by atoms with Gasteiger partial charge in [0.1, 0.15) is 16.7 Å². The highest BCUT2D eigenvalue weighted by atomic mass is 32.1. The first-order valence-corrected chi connectivity index (χ1v) is 11.1. The normalized spacial score (nSPS) is 12.1. The van der Waals surface area contributed by atoms with Crippen molar-refractivity contribution in [3.63, 3.8) is 0 Å². The van der Waals surface area contributed by atoms with Gasteiger partial charge in [-0.05, 0) is 51.0 Å². The molecule has 0 spiro atoms. The molecule has 0 bridgehead atoms. The highest BCUT2D eigenvalue weighted by molar-refractivity contribution is 7.18. The number of aromatic nitrogens is 2. The lowest BCUT2D eigenvalue weighted by molar-refractivity contribution is -0.121.